The first-order valence-electron chi connectivity index (χ1n) is 8.40. The molecule has 0 radical (unpaired) electrons. The second-order valence-corrected chi connectivity index (χ2v) is 7.22. The van der Waals surface area contributed by atoms with Crippen LogP contribution in [0.25, 0.3) is 11.1 Å². The van der Waals surface area contributed by atoms with Crippen LogP contribution in [-0.4, -0.2) is 33.4 Å². The molecule has 1 fully saturated rings. The van der Waals surface area contributed by atoms with E-state index in [9.17, 15) is 9.59 Å². The number of nitrogens with zero attached hydrogens (tertiary/aromatic N) is 3. The van der Waals surface area contributed by atoms with Crippen molar-refractivity contribution in [3.63, 3.8) is 0 Å². The largest absolute Gasteiger partial charge is 0.440 e. The summed E-state index contributed by atoms with van der Waals surface area (Å²) in [6.45, 7) is 3.31. The van der Waals surface area contributed by atoms with E-state index < -0.39 is 0 Å². The van der Waals surface area contributed by atoms with E-state index in [-0.39, 0.29) is 23.2 Å². The van der Waals surface area contributed by atoms with E-state index in [0.717, 1.165) is 46.9 Å². The third-order valence-electron chi connectivity index (χ3n) is 4.78. The number of carbonyl (C=O) groups is 1. The third-order valence-corrected chi connectivity index (χ3v) is 5.66. The molecular weight excluding hydrogens is 338 g/mol. The summed E-state index contributed by atoms with van der Waals surface area (Å²) in [5.74, 6) is 1.000. The average molecular weight is 357 g/mol. The summed E-state index contributed by atoms with van der Waals surface area (Å²) in [4.78, 5) is 30.6. The van der Waals surface area contributed by atoms with E-state index in [1.165, 1.54) is 0 Å². The lowest BCUT2D eigenvalue weighted by atomic mass is 9.97. The highest BCUT2D eigenvalue weighted by molar-refractivity contribution is 7.07. The van der Waals surface area contributed by atoms with Crippen molar-refractivity contribution < 1.29 is 9.21 Å². The average Bonchev–Trinajstić information content (AvgIpc) is 3.20. The Hall–Kier alpha value is -2.41. The van der Waals surface area contributed by atoms with Gasteiger partial charge in [-0.3, -0.25) is 14.2 Å². The van der Waals surface area contributed by atoms with Crippen LogP contribution in [0.1, 0.15) is 30.3 Å². The molecule has 3 heterocycles. The van der Waals surface area contributed by atoms with Crippen LogP contribution in [0.4, 0.5) is 0 Å². The maximum absolute atomic E-state index is 12.5. The van der Waals surface area contributed by atoms with Gasteiger partial charge in [-0.2, -0.15) is 0 Å². The van der Waals surface area contributed by atoms with Gasteiger partial charge in [-0.1, -0.05) is 23.5 Å². The molecule has 1 saturated heterocycles. The zero-order valence-electron chi connectivity index (χ0n) is 14.0. The molecular formula is C18H19N3O3S. The monoisotopic (exact) mass is 357 g/mol. The molecule has 130 valence electrons. The van der Waals surface area contributed by atoms with Crippen LogP contribution >= 0.6 is 11.3 Å². The van der Waals surface area contributed by atoms with Crippen molar-refractivity contribution in [3.05, 3.63) is 50.9 Å². The van der Waals surface area contributed by atoms with Crippen LogP contribution in [0.2, 0.25) is 0 Å². The Morgan fingerprint density at radius 3 is 2.76 bits per heavy atom. The highest BCUT2D eigenvalue weighted by atomic mass is 32.1. The first-order chi connectivity index (χ1) is 12.1. The lowest BCUT2D eigenvalue weighted by molar-refractivity contribution is -0.133. The number of thiazole rings is 1. The number of piperidine rings is 1. The van der Waals surface area contributed by atoms with E-state index in [4.69, 9.17) is 4.42 Å². The number of hydrogen-bond acceptors (Lipinski definition) is 5. The van der Waals surface area contributed by atoms with Crippen LogP contribution in [0, 0.1) is 6.92 Å². The minimum absolute atomic E-state index is 0.000356. The Morgan fingerprint density at radius 2 is 2.08 bits per heavy atom. The summed E-state index contributed by atoms with van der Waals surface area (Å²) in [6.07, 6.45) is 1.66. The molecule has 0 atom stereocenters. The van der Waals surface area contributed by atoms with E-state index in [2.05, 4.69) is 4.98 Å². The number of aromatic nitrogens is 2. The number of benzene rings is 1. The molecule has 6 nitrogen and oxygen atoms in total. The number of rotatable bonds is 3. The Labute approximate surface area is 148 Å². The van der Waals surface area contributed by atoms with Gasteiger partial charge in [0.2, 0.25) is 5.91 Å². The van der Waals surface area contributed by atoms with Crippen molar-refractivity contribution in [1.82, 2.24) is 14.5 Å². The molecule has 2 aromatic heterocycles. The van der Waals surface area contributed by atoms with E-state index in [1.54, 1.807) is 9.95 Å². The van der Waals surface area contributed by atoms with Gasteiger partial charge in [0.25, 0.3) is 0 Å². The number of carbonyl (C=O) groups excluding carboxylic acids is 1. The number of likely N-dealkylation sites (tertiary alicyclic amines) is 1. The topological polar surface area (TPSA) is 68.3 Å². The molecule has 0 N–H and O–H groups in total. The maximum atomic E-state index is 12.5. The maximum Gasteiger partial charge on any atom is 0.307 e. The Morgan fingerprint density at radius 1 is 1.32 bits per heavy atom. The van der Waals surface area contributed by atoms with Gasteiger partial charge in [0.1, 0.15) is 12.1 Å². The van der Waals surface area contributed by atoms with Crippen LogP contribution in [-0.2, 0) is 11.3 Å². The Bertz CT molecular complexity index is 930. The molecule has 0 spiro atoms. The molecule has 25 heavy (non-hydrogen) atoms. The van der Waals surface area contributed by atoms with Crippen molar-refractivity contribution in [3.8, 4) is 0 Å². The van der Waals surface area contributed by atoms with E-state index in [1.807, 2.05) is 36.1 Å². The Kier molecular flexibility index (Phi) is 4.17. The smallest absolute Gasteiger partial charge is 0.307 e. The SMILES string of the molecule is Cc1csc(=O)n1CC(=O)N1CCC(c2nc3ccccc3o2)CC1. The number of hydrogen-bond donors (Lipinski definition) is 0. The zero-order valence-corrected chi connectivity index (χ0v) is 14.8. The first-order valence-corrected chi connectivity index (χ1v) is 9.28. The summed E-state index contributed by atoms with van der Waals surface area (Å²) >= 11 is 1.14. The van der Waals surface area contributed by atoms with Crippen molar-refractivity contribution in [2.45, 2.75) is 32.2 Å². The summed E-state index contributed by atoms with van der Waals surface area (Å²) in [5.41, 5.74) is 2.52. The zero-order chi connectivity index (χ0) is 17.4. The van der Waals surface area contributed by atoms with Crippen molar-refractivity contribution in [1.29, 1.82) is 0 Å². The van der Waals surface area contributed by atoms with Crippen molar-refractivity contribution in [2.24, 2.45) is 0 Å². The molecule has 0 saturated carbocycles. The van der Waals surface area contributed by atoms with Gasteiger partial charge in [0.15, 0.2) is 11.5 Å². The van der Waals surface area contributed by atoms with Gasteiger partial charge in [-0.05, 0) is 31.9 Å². The normalized spacial score (nSPS) is 15.8. The fourth-order valence-electron chi connectivity index (χ4n) is 3.27. The quantitative estimate of drug-likeness (QED) is 0.723. The number of aryl methyl sites for hydroxylation is 1. The molecule has 0 unspecified atom stereocenters. The lowest BCUT2D eigenvalue weighted by Crippen LogP contribution is -2.40. The van der Waals surface area contributed by atoms with Gasteiger partial charge in [-0.15, -0.1) is 0 Å². The van der Waals surface area contributed by atoms with Crippen LogP contribution in [0.15, 0.2) is 38.9 Å². The van der Waals surface area contributed by atoms with Crippen LogP contribution in [0.5, 0.6) is 0 Å². The minimum atomic E-state index is -0.0767. The van der Waals surface area contributed by atoms with Crippen LogP contribution in [0.3, 0.4) is 0 Å². The second-order valence-electron chi connectivity index (χ2n) is 6.40. The number of amides is 1. The molecule has 0 aliphatic carbocycles. The fourth-order valence-corrected chi connectivity index (χ4v) is 4.01. The van der Waals surface area contributed by atoms with Gasteiger partial charge in [0, 0.05) is 30.1 Å². The highest BCUT2D eigenvalue weighted by Gasteiger charge is 2.27. The van der Waals surface area contributed by atoms with Crippen LogP contribution < -0.4 is 4.87 Å². The van der Waals surface area contributed by atoms with Gasteiger partial charge < -0.3 is 9.32 Å². The highest BCUT2D eigenvalue weighted by Crippen LogP contribution is 2.29. The molecule has 7 heteroatoms. The minimum Gasteiger partial charge on any atom is -0.440 e. The van der Waals surface area contributed by atoms with Gasteiger partial charge in [0.05, 0.1) is 0 Å². The second kappa shape index (κ2) is 6.48. The number of para-hydroxylation sites is 2. The van der Waals surface area contributed by atoms with Crippen molar-refractivity contribution in [2.75, 3.05) is 13.1 Å². The lowest BCUT2D eigenvalue weighted by Gasteiger charge is -2.30. The van der Waals surface area contributed by atoms with Crippen molar-refractivity contribution >= 4 is 28.3 Å². The predicted molar refractivity (Wildman–Crippen MR) is 95.9 cm³/mol. The molecule has 1 amide bonds. The van der Waals surface area contributed by atoms with E-state index in [0.29, 0.717) is 13.1 Å². The molecule has 1 aliphatic heterocycles. The van der Waals surface area contributed by atoms with Gasteiger partial charge >= 0.3 is 4.87 Å². The van der Waals surface area contributed by atoms with Gasteiger partial charge in [-0.25, -0.2) is 4.98 Å². The number of oxazole rings is 1. The predicted octanol–water partition coefficient (Wildman–Crippen LogP) is 2.77. The summed E-state index contributed by atoms with van der Waals surface area (Å²) in [6, 6.07) is 7.75. The van der Waals surface area contributed by atoms with E-state index >= 15 is 0 Å². The molecule has 3 aromatic rings. The molecule has 0 bridgehead atoms. The molecule has 4 rings (SSSR count). The fraction of sp³-hybridized carbons (Fsp3) is 0.389. The third kappa shape index (κ3) is 3.11. The Balaban J connectivity index is 1.41. The first kappa shape index (κ1) is 16.1. The standard InChI is InChI=1S/C18H19N3O3S/c1-12-11-25-18(23)21(12)10-16(22)20-8-6-13(7-9-20)17-19-14-4-2-3-5-15(14)24-17/h2-5,11,13H,6-10H2,1H3. The molecule has 1 aliphatic rings. The summed E-state index contributed by atoms with van der Waals surface area (Å²) in [5, 5.41) is 1.79. The molecule has 1 aromatic carbocycles. The summed E-state index contributed by atoms with van der Waals surface area (Å²) in [7, 11) is 0. The number of fused-ring (bicyclic) bond motifs is 1. The summed E-state index contributed by atoms with van der Waals surface area (Å²) < 4.78 is 7.40.